The molecule has 1 aliphatic rings. The molecule has 5 nitrogen and oxygen atoms in total. The number of hydrogen-bond acceptors (Lipinski definition) is 4. The summed E-state index contributed by atoms with van der Waals surface area (Å²) in [6, 6.07) is 15.7. The smallest absolute Gasteiger partial charge is 0.257 e. The van der Waals surface area contributed by atoms with Gasteiger partial charge in [0.25, 0.3) is 5.91 Å². The molecule has 6 heteroatoms. The first kappa shape index (κ1) is 19.3. The van der Waals surface area contributed by atoms with E-state index in [-0.39, 0.29) is 11.8 Å². The summed E-state index contributed by atoms with van der Waals surface area (Å²) < 4.78 is 0. The molecule has 0 aliphatic carbocycles. The molecule has 2 amide bonds. The molecule has 1 fully saturated rings. The van der Waals surface area contributed by atoms with Gasteiger partial charge < -0.3 is 4.90 Å². The van der Waals surface area contributed by atoms with Crippen LogP contribution in [0.1, 0.15) is 41.3 Å². The molecule has 0 bridgehead atoms. The van der Waals surface area contributed by atoms with Crippen LogP contribution in [0.3, 0.4) is 0 Å². The monoisotopic (exact) mass is 405 g/mol. The summed E-state index contributed by atoms with van der Waals surface area (Å²) in [5.41, 5.74) is 4.71. The Bertz CT molecular complexity index is 1030. The van der Waals surface area contributed by atoms with Gasteiger partial charge in [-0.15, -0.1) is 11.3 Å². The highest BCUT2D eigenvalue weighted by molar-refractivity contribution is 7.14. The van der Waals surface area contributed by atoms with Gasteiger partial charge in [0.15, 0.2) is 5.13 Å². The topological polar surface area (TPSA) is 62.3 Å². The molecule has 3 aromatic rings. The number of rotatable bonds is 6. The fourth-order valence-corrected chi connectivity index (χ4v) is 4.16. The van der Waals surface area contributed by atoms with E-state index in [0.717, 1.165) is 36.2 Å². The lowest BCUT2D eigenvalue weighted by Crippen LogP contribution is -2.24. The van der Waals surface area contributed by atoms with Crippen LogP contribution in [0.4, 0.5) is 5.13 Å². The first-order valence-corrected chi connectivity index (χ1v) is 10.7. The lowest BCUT2D eigenvalue weighted by atomic mass is 10.1. The van der Waals surface area contributed by atoms with Crippen molar-refractivity contribution in [3.8, 4) is 11.3 Å². The van der Waals surface area contributed by atoms with Crippen LogP contribution in [0.2, 0.25) is 0 Å². The van der Waals surface area contributed by atoms with Gasteiger partial charge in [-0.2, -0.15) is 0 Å². The van der Waals surface area contributed by atoms with Gasteiger partial charge in [0.2, 0.25) is 5.91 Å². The molecule has 0 saturated carbocycles. The van der Waals surface area contributed by atoms with Gasteiger partial charge in [-0.25, -0.2) is 4.98 Å². The summed E-state index contributed by atoms with van der Waals surface area (Å²) in [6.07, 6.45) is 2.53. The largest absolute Gasteiger partial charge is 0.338 e. The number of carbonyl (C=O) groups is 2. The number of hydrogen-bond donors (Lipinski definition) is 1. The minimum atomic E-state index is -0.193. The third-order valence-corrected chi connectivity index (χ3v) is 5.87. The number of amides is 2. The zero-order valence-electron chi connectivity index (χ0n) is 16.4. The Morgan fingerprint density at radius 2 is 2.00 bits per heavy atom. The average Bonchev–Trinajstić information content (AvgIpc) is 3.37. The molecular weight excluding hydrogens is 382 g/mol. The van der Waals surface area contributed by atoms with E-state index in [1.54, 1.807) is 6.07 Å². The standard InChI is InChI=1S/C23H23N3O2S/c1-2-16-8-10-18(11-9-16)20-15-29-23(24-20)25-22(28)19-6-3-5-17(13-19)14-26-12-4-7-21(26)27/h3,5-6,8-11,13,15H,2,4,7,12,14H2,1H3,(H,24,25,28). The Balaban J connectivity index is 1.43. The highest BCUT2D eigenvalue weighted by Crippen LogP contribution is 2.26. The zero-order valence-corrected chi connectivity index (χ0v) is 17.2. The molecule has 2 heterocycles. The fraction of sp³-hybridized carbons (Fsp3) is 0.261. The molecule has 148 valence electrons. The summed E-state index contributed by atoms with van der Waals surface area (Å²) in [4.78, 5) is 30.9. The van der Waals surface area contributed by atoms with Crippen molar-refractivity contribution in [1.29, 1.82) is 0 Å². The van der Waals surface area contributed by atoms with Gasteiger partial charge in [0.05, 0.1) is 5.69 Å². The maximum absolute atomic E-state index is 12.7. The Morgan fingerprint density at radius 1 is 1.17 bits per heavy atom. The second-order valence-corrected chi connectivity index (χ2v) is 8.02. The van der Waals surface area contributed by atoms with E-state index >= 15 is 0 Å². The number of anilines is 1. The van der Waals surface area contributed by atoms with Crippen molar-refractivity contribution in [2.75, 3.05) is 11.9 Å². The Labute approximate surface area is 174 Å². The van der Waals surface area contributed by atoms with Crippen molar-refractivity contribution in [2.24, 2.45) is 0 Å². The maximum Gasteiger partial charge on any atom is 0.257 e. The number of aryl methyl sites for hydroxylation is 1. The predicted octanol–water partition coefficient (Wildman–Crippen LogP) is 4.75. The van der Waals surface area contributed by atoms with E-state index in [1.165, 1.54) is 16.9 Å². The number of carbonyl (C=O) groups excluding carboxylic acids is 2. The highest BCUT2D eigenvalue weighted by Gasteiger charge is 2.20. The van der Waals surface area contributed by atoms with E-state index < -0.39 is 0 Å². The van der Waals surface area contributed by atoms with Crippen LogP contribution < -0.4 is 5.32 Å². The zero-order chi connectivity index (χ0) is 20.2. The summed E-state index contributed by atoms with van der Waals surface area (Å²) in [7, 11) is 0. The molecule has 0 spiro atoms. The molecule has 2 aromatic carbocycles. The SMILES string of the molecule is CCc1ccc(-c2csc(NC(=O)c3cccc(CN4CCCC4=O)c3)n2)cc1. The fourth-order valence-electron chi connectivity index (χ4n) is 3.45. The molecule has 1 aromatic heterocycles. The number of nitrogens with zero attached hydrogens (tertiary/aromatic N) is 2. The molecule has 1 aliphatic heterocycles. The Hall–Kier alpha value is -2.99. The Kier molecular flexibility index (Phi) is 5.71. The maximum atomic E-state index is 12.7. The van der Waals surface area contributed by atoms with Crippen LogP contribution in [-0.4, -0.2) is 28.2 Å². The molecule has 4 rings (SSSR count). The summed E-state index contributed by atoms with van der Waals surface area (Å²) in [5.74, 6) is -0.0102. The van der Waals surface area contributed by atoms with Gasteiger partial charge >= 0.3 is 0 Å². The van der Waals surface area contributed by atoms with Crippen molar-refractivity contribution < 1.29 is 9.59 Å². The lowest BCUT2D eigenvalue weighted by Gasteiger charge is -2.15. The van der Waals surface area contributed by atoms with Crippen molar-refractivity contribution in [1.82, 2.24) is 9.88 Å². The molecule has 1 N–H and O–H groups in total. The van der Waals surface area contributed by atoms with Gasteiger partial charge in [-0.05, 0) is 36.1 Å². The number of aromatic nitrogens is 1. The first-order chi connectivity index (χ1) is 14.1. The molecule has 29 heavy (non-hydrogen) atoms. The lowest BCUT2D eigenvalue weighted by molar-refractivity contribution is -0.128. The van der Waals surface area contributed by atoms with E-state index in [1.807, 2.05) is 28.5 Å². The summed E-state index contributed by atoms with van der Waals surface area (Å²) in [6.45, 7) is 3.47. The number of nitrogens with one attached hydrogen (secondary N) is 1. The molecule has 0 radical (unpaired) electrons. The van der Waals surface area contributed by atoms with E-state index in [4.69, 9.17) is 0 Å². The van der Waals surface area contributed by atoms with E-state index in [0.29, 0.717) is 23.7 Å². The number of thiazole rings is 1. The summed E-state index contributed by atoms with van der Waals surface area (Å²) >= 11 is 1.41. The Morgan fingerprint density at radius 3 is 2.72 bits per heavy atom. The first-order valence-electron chi connectivity index (χ1n) is 9.85. The van der Waals surface area contributed by atoms with Crippen LogP contribution >= 0.6 is 11.3 Å². The molecule has 0 atom stereocenters. The van der Waals surface area contributed by atoms with Crippen LogP contribution in [0.15, 0.2) is 53.9 Å². The van der Waals surface area contributed by atoms with Crippen molar-refractivity contribution in [3.05, 3.63) is 70.6 Å². The van der Waals surface area contributed by atoms with Gasteiger partial charge in [0, 0.05) is 36.0 Å². The van der Waals surface area contributed by atoms with Gasteiger partial charge in [-0.3, -0.25) is 14.9 Å². The van der Waals surface area contributed by atoms with Gasteiger partial charge in [0.1, 0.15) is 0 Å². The summed E-state index contributed by atoms with van der Waals surface area (Å²) in [5, 5.41) is 5.41. The third-order valence-electron chi connectivity index (χ3n) is 5.12. The van der Waals surface area contributed by atoms with Crippen molar-refractivity contribution >= 4 is 28.3 Å². The highest BCUT2D eigenvalue weighted by atomic mass is 32.1. The van der Waals surface area contributed by atoms with Gasteiger partial charge in [-0.1, -0.05) is 43.3 Å². The minimum absolute atomic E-state index is 0.183. The van der Waals surface area contributed by atoms with E-state index in [2.05, 4.69) is 41.5 Å². The van der Waals surface area contributed by atoms with Crippen LogP contribution in [0.25, 0.3) is 11.3 Å². The molecule has 1 saturated heterocycles. The van der Waals surface area contributed by atoms with Crippen LogP contribution in [0, 0.1) is 0 Å². The molecular formula is C23H23N3O2S. The average molecular weight is 406 g/mol. The van der Waals surface area contributed by atoms with Crippen LogP contribution in [0.5, 0.6) is 0 Å². The molecule has 0 unspecified atom stereocenters. The second kappa shape index (κ2) is 8.57. The van der Waals surface area contributed by atoms with Crippen molar-refractivity contribution in [3.63, 3.8) is 0 Å². The minimum Gasteiger partial charge on any atom is -0.338 e. The van der Waals surface area contributed by atoms with Crippen LogP contribution in [-0.2, 0) is 17.8 Å². The van der Waals surface area contributed by atoms with E-state index in [9.17, 15) is 9.59 Å². The second-order valence-electron chi connectivity index (χ2n) is 7.16. The van der Waals surface area contributed by atoms with Crippen molar-refractivity contribution in [2.45, 2.75) is 32.7 Å². The number of benzene rings is 2. The predicted molar refractivity (Wildman–Crippen MR) is 116 cm³/mol. The third kappa shape index (κ3) is 4.54. The normalized spacial score (nSPS) is 13.7. The quantitative estimate of drug-likeness (QED) is 0.644. The number of likely N-dealkylation sites (tertiary alicyclic amines) is 1.